The molecule has 4 nitrogen and oxygen atoms in total. The predicted molar refractivity (Wildman–Crippen MR) is 37.7 cm³/mol. The Labute approximate surface area is 65.7 Å². The van der Waals surface area contributed by atoms with Gasteiger partial charge < -0.3 is 9.47 Å². The maximum absolute atomic E-state index is 10.8. The molecule has 0 spiro atoms. The molecule has 0 aromatic rings. The fourth-order valence-corrected chi connectivity index (χ4v) is 0.480. The largest absolute Gasteiger partial charge is 0.463 e. The van der Waals surface area contributed by atoms with Crippen LogP contribution in [-0.2, 0) is 14.3 Å². The van der Waals surface area contributed by atoms with E-state index in [0.29, 0.717) is 6.61 Å². The first-order chi connectivity index (χ1) is 5.26. The maximum Gasteiger partial charge on any atom is 0.350 e. The Morgan fingerprint density at radius 3 is 2.73 bits per heavy atom. The van der Waals surface area contributed by atoms with E-state index in [4.69, 9.17) is 5.26 Å². The van der Waals surface area contributed by atoms with Gasteiger partial charge in [0.2, 0.25) is 6.10 Å². The highest BCUT2D eigenvalue weighted by Crippen LogP contribution is 1.92. The van der Waals surface area contributed by atoms with Gasteiger partial charge in [-0.1, -0.05) is 6.92 Å². The van der Waals surface area contributed by atoms with Crippen molar-refractivity contribution in [1.82, 2.24) is 0 Å². The summed E-state index contributed by atoms with van der Waals surface area (Å²) in [5, 5.41) is 8.32. The van der Waals surface area contributed by atoms with Gasteiger partial charge in [-0.25, -0.2) is 4.79 Å². The van der Waals surface area contributed by atoms with Gasteiger partial charge >= 0.3 is 5.97 Å². The standard InChI is InChI=1S/C7H11NO3/c1-3-4-11-7(9)6(5-8)10-2/h6H,3-4H2,1-2H3. The molecule has 1 atom stereocenters. The van der Waals surface area contributed by atoms with E-state index in [9.17, 15) is 4.79 Å². The second-order valence-corrected chi connectivity index (χ2v) is 1.91. The van der Waals surface area contributed by atoms with Crippen LogP contribution in [0.3, 0.4) is 0 Å². The molecule has 0 aromatic carbocycles. The van der Waals surface area contributed by atoms with Gasteiger partial charge in [0.05, 0.1) is 6.61 Å². The first-order valence-electron chi connectivity index (χ1n) is 3.35. The third-order valence-corrected chi connectivity index (χ3v) is 1.02. The fraction of sp³-hybridized carbons (Fsp3) is 0.714. The molecule has 11 heavy (non-hydrogen) atoms. The lowest BCUT2D eigenvalue weighted by Gasteiger charge is -2.05. The van der Waals surface area contributed by atoms with Crippen molar-refractivity contribution in [2.75, 3.05) is 13.7 Å². The van der Waals surface area contributed by atoms with Gasteiger partial charge in [-0.05, 0) is 6.42 Å². The van der Waals surface area contributed by atoms with Crippen LogP contribution in [0.4, 0.5) is 0 Å². The third kappa shape index (κ3) is 3.58. The lowest BCUT2D eigenvalue weighted by molar-refractivity contribution is -0.151. The van der Waals surface area contributed by atoms with E-state index in [1.807, 2.05) is 6.92 Å². The smallest absolute Gasteiger partial charge is 0.350 e. The van der Waals surface area contributed by atoms with Crippen LogP contribution >= 0.6 is 0 Å². The SMILES string of the molecule is CCCOC(=O)C(C#N)OC. The molecular formula is C7H11NO3. The minimum atomic E-state index is -1.08. The van der Waals surface area contributed by atoms with Crippen LogP contribution in [0.2, 0.25) is 0 Å². The number of hydrogen-bond acceptors (Lipinski definition) is 4. The van der Waals surface area contributed by atoms with Crippen LogP contribution in [-0.4, -0.2) is 25.8 Å². The quantitative estimate of drug-likeness (QED) is 0.557. The number of carbonyl (C=O) groups is 1. The van der Waals surface area contributed by atoms with Gasteiger partial charge in [-0.2, -0.15) is 5.26 Å². The van der Waals surface area contributed by atoms with E-state index in [1.165, 1.54) is 7.11 Å². The molecule has 0 aliphatic rings. The molecular weight excluding hydrogens is 146 g/mol. The van der Waals surface area contributed by atoms with Gasteiger partial charge in [0.25, 0.3) is 0 Å². The summed E-state index contributed by atoms with van der Waals surface area (Å²) in [5.41, 5.74) is 0. The third-order valence-electron chi connectivity index (χ3n) is 1.02. The summed E-state index contributed by atoms with van der Waals surface area (Å²) in [4.78, 5) is 10.8. The van der Waals surface area contributed by atoms with Crippen LogP contribution < -0.4 is 0 Å². The predicted octanol–water partition coefficient (Wildman–Crippen LogP) is 0.478. The molecule has 0 N–H and O–H groups in total. The minimum absolute atomic E-state index is 0.334. The normalized spacial score (nSPS) is 11.7. The Kier molecular flexibility index (Phi) is 5.13. The van der Waals surface area contributed by atoms with Crippen LogP contribution in [0.5, 0.6) is 0 Å². The number of carbonyl (C=O) groups excluding carboxylic acids is 1. The van der Waals surface area contributed by atoms with Gasteiger partial charge in [0, 0.05) is 7.11 Å². The molecule has 0 rings (SSSR count). The van der Waals surface area contributed by atoms with E-state index >= 15 is 0 Å². The zero-order valence-corrected chi connectivity index (χ0v) is 6.66. The average Bonchev–Trinajstić information content (AvgIpc) is 2.03. The monoisotopic (exact) mass is 157 g/mol. The molecule has 0 aromatic heterocycles. The Hall–Kier alpha value is -1.08. The first kappa shape index (κ1) is 9.92. The zero-order chi connectivity index (χ0) is 8.69. The van der Waals surface area contributed by atoms with Gasteiger partial charge in [0.15, 0.2) is 0 Å². The van der Waals surface area contributed by atoms with Gasteiger partial charge in [-0.15, -0.1) is 0 Å². The highest BCUT2D eigenvalue weighted by Gasteiger charge is 2.17. The summed E-state index contributed by atoms with van der Waals surface area (Å²) in [7, 11) is 1.29. The van der Waals surface area contributed by atoms with E-state index in [0.717, 1.165) is 6.42 Å². The van der Waals surface area contributed by atoms with Gasteiger partial charge in [0.1, 0.15) is 6.07 Å². The summed E-state index contributed by atoms with van der Waals surface area (Å²) >= 11 is 0. The number of nitrogens with zero attached hydrogens (tertiary/aromatic N) is 1. The summed E-state index contributed by atoms with van der Waals surface area (Å²) in [6.07, 6.45) is -0.338. The van der Waals surface area contributed by atoms with Crippen molar-refractivity contribution in [3.63, 3.8) is 0 Å². The van der Waals surface area contributed by atoms with Crippen molar-refractivity contribution in [3.05, 3.63) is 0 Å². The van der Waals surface area contributed by atoms with Crippen molar-refractivity contribution in [1.29, 1.82) is 5.26 Å². The molecule has 62 valence electrons. The lowest BCUT2D eigenvalue weighted by Crippen LogP contribution is -2.23. The Morgan fingerprint density at radius 1 is 1.73 bits per heavy atom. The number of methoxy groups -OCH3 is 1. The van der Waals surface area contributed by atoms with E-state index in [2.05, 4.69) is 9.47 Å². The van der Waals surface area contributed by atoms with Crippen molar-refractivity contribution in [3.8, 4) is 6.07 Å². The molecule has 0 heterocycles. The lowest BCUT2D eigenvalue weighted by atomic mass is 10.4. The summed E-state index contributed by atoms with van der Waals surface area (Å²) in [5.74, 6) is -0.614. The topological polar surface area (TPSA) is 59.3 Å². The Balaban J connectivity index is 3.72. The highest BCUT2D eigenvalue weighted by atomic mass is 16.6. The van der Waals surface area contributed by atoms with E-state index < -0.39 is 12.1 Å². The highest BCUT2D eigenvalue weighted by molar-refractivity contribution is 5.77. The van der Waals surface area contributed by atoms with Crippen molar-refractivity contribution >= 4 is 5.97 Å². The second-order valence-electron chi connectivity index (χ2n) is 1.91. The van der Waals surface area contributed by atoms with Crippen molar-refractivity contribution in [2.24, 2.45) is 0 Å². The average molecular weight is 157 g/mol. The number of nitriles is 1. The van der Waals surface area contributed by atoms with Crippen LogP contribution in [0.1, 0.15) is 13.3 Å². The van der Waals surface area contributed by atoms with Crippen molar-refractivity contribution < 1.29 is 14.3 Å². The molecule has 0 amide bonds. The summed E-state index contributed by atoms with van der Waals surface area (Å²) in [6.45, 7) is 2.21. The second kappa shape index (κ2) is 5.69. The molecule has 0 bridgehead atoms. The fourth-order valence-electron chi connectivity index (χ4n) is 0.480. The Bertz CT molecular complexity index is 162. The number of ether oxygens (including phenoxy) is 2. The van der Waals surface area contributed by atoms with Crippen molar-refractivity contribution in [2.45, 2.75) is 19.4 Å². The number of esters is 1. The van der Waals surface area contributed by atoms with E-state index in [-0.39, 0.29) is 0 Å². The number of rotatable bonds is 4. The Morgan fingerprint density at radius 2 is 2.36 bits per heavy atom. The minimum Gasteiger partial charge on any atom is -0.463 e. The van der Waals surface area contributed by atoms with Crippen LogP contribution in [0.15, 0.2) is 0 Å². The molecule has 0 aliphatic heterocycles. The zero-order valence-electron chi connectivity index (χ0n) is 6.66. The first-order valence-corrected chi connectivity index (χ1v) is 3.35. The molecule has 0 aliphatic carbocycles. The molecule has 0 saturated heterocycles. The molecule has 4 heteroatoms. The van der Waals surface area contributed by atoms with E-state index in [1.54, 1.807) is 6.07 Å². The molecule has 0 saturated carbocycles. The summed E-state index contributed by atoms with van der Waals surface area (Å²) < 4.78 is 9.17. The number of hydrogen-bond donors (Lipinski definition) is 0. The molecule has 0 fully saturated rings. The van der Waals surface area contributed by atoms with Gasteiger partial charge in [-0.3, -0.25) is 0 Å². The molecule has 0 radical (unpaired) electrons. The maximum atomic E-state index is 10.8. The summed E-state index contributed by atoms with van der Waals surface area (Å²) in [6, 6.07) is 1.66. The molecule has 1 unspecified atom stereocenters. The van der Waals surface area contributed by atoms with Crippen LogP contribution in [0.25, 0.3) is 0 Å². The van der Waals surface area contributed by atoms with Crippen LogP contribution in [0, 0.1) is 11.3 Å².